The van der Waals surface area contributed by atoms with E-state index in [4.69, 9.17) is 13.3 Å². The number of hydrogen-bond donors (Lipinski definition) is 0. The molecule has 4 nitrogen and oxygen atoms in total. The van der Waals surface area contributed by atoms with Crippen molar-refractivity contribution in [3.63, 3.8) is 0 Å². The molecule has 0 bridgehead atoms. The lowest BCUT2D eigenvalue weighted by Crippen LogP contribution is -2.51. The highest BCUT2D eigenvalue weighted by molar-refractivity contribution is 6.66. The molecule has 0 aliphatic heterocycles. The Morgan fingerprint density at radius 2 is 1.56 bits per heavy atom. The van der Waals surface area contributed by atoms with E-state index < -0.39 is 14.3 Å². The van der Waals surface area contributed by atoms with Gasteiger partial charge in [0, 0.05) is 19.8 Å². The van der Waals surface area contributed by atoms with E-state index in [1.54, 1.807) is 6.92 Å². The van der Waals surface area contributed by atoms with Crippen molar-refractivity contribution in [1.29, 1.82) is 0 Å². The van der Waals surface area contributed by atoms with Crippen LogP contribution in [0.3, 0.4) is 0 Å². The summed E-state index contributed by atoms with van der Waals surface area (Å²) in [7, 11) is -2.90. The third-order valence-electron chi connectivity index (χ3n) is 2.19. The van der Waals surface area contributed by atoms with Crippen LogP contribution in [-0.2, 0) is 18.1 Å². The number of ketones is 1. The van der Waals surface area contributed by atoms with Gasteiger partial charge in [-0.25, -0.2) is 0 Å². The maximum absolute atomic E-state index is 11.7. The largest absolute Gasteiger partial charge is 0.511 e. The summed E-state index contributed by atoms with van der Waals surface area (Å²) in [5.74, 6) is -0.0954. The van der Waals surface area contributed by atoms with Gasteiger partial charge in [-0.1, -0.05) is 13.5 Å². The Labute approximate surface area is 99.0 Å². The van der Waals surface area contributed by atoms with Crippen molar-refractivity contribution < 1.29 is 18.1 Å². The van der Waals surface area contributed by atoms with Gasteiger partial charge in [0.1, 0.15) is 0 Å². The standard InChI is InChI=1S/C11H22O4Si/c1-6-11(12)10(5)16(13-7-2,14-8-3)15-9-4/h6,10H,1,7-9H2,2-5H3. The van der Waals surface area contributed by atoms with Crippen LogP contribution in [0.2, 0.25) is 5.54 Å². The molecular weight excluding hydrogens is 224 g/mol. The smallest absolute Gasteiger partial charge is 0.373 e. The molecule has 0 amide bonds. The average molecular weight is 246 g/mol. The van der Waals surface area contributed by atoms with Gasteiger partial charge in [-0.05, 0) is 26.8 Å². The summed E-state index contributed by atoms with van der Waals surface area (Å²) in [5, 5.41) is 0. The first-order valence-electron chi connectivity index (χ1n) is 5.66. The molecule has 0 spiro atoms. The molecular formula is C11H22O4Si. The third kappa shape index (κ3) is 3.82. The Hall–Kier alpha value is -0.493. The second-order valence-electron chi connectivity index (χ2n) is 3.23. The maximum Gasteiger partial charge on any atom is 0.511 e. The Morgan fingerprint density at radius 1 is 1.19 bits per heavy atom. The van der Waals surface area contributed by atoms with Crippen LogP contribution in [0.5, 0.6) is 0 Å². The zero-order valence-electron chi connectivity index (χ0n) is 10.6. The number of rotatable bonds is 9. The second-order valence-corrected chi connectivity index (χ2v) is 6.17. The Morgan fingerprint density at radius 3 is 1.81 bits per heavy atom. The molecule has 5 heteroatoms. The van der Waals surface area contributed by atoms with Gasteiger partial charge >= 0.3 is 8.80 Å². The van der Waals surface area contributed by atoms with E-state index in [0.717, 1.165) is 0 Å². The SMILES string of the molecule is C=CC(=O)C(C)[Si](OCC)(OCC)OCC. The molecule has 0 aliphatic rings. The number of hydrogen-bond acceptors (Lipinski definition) is 4. The van der Waals surface area contributed by atoms with Crippen LogP contribution in [0.25, 0.3) is 0 Å². The molecule has 0 aromatic heterocycles. The third-order valence-corrected chi connectivity index (χ3v) is 5.61. The van der Waals surface area contributed by atoms with Crippen molar-refractivity contribution in [2.24, 2.45) is 0 Å². The summed E-state index contributed by atoms with van der Waals surface area (Å²) in [6.07, 6.45) is 1.30. The second kappa shape index (κ2) is 7.73. The van der Waals surface area contributed by atoms with Crippen LogP contribution in [0.15, 0.2) is 12.7 Å². The topological polar surface area (TPSA) is 44.8 Å². The normalized spacial score (nSPS) is 13.5. The predicted octanol–water partition coefficient (Wildman–Crippen LogP) is 2.18. The molecule has 94 valence electrons. The zero-order valence-corrected chi connectivity index (χ0v) is 11.6. The fourth-order valence-corrected chi connectivity index (χ4v) is 4.13. The van der Waals surface area contributed by atoms with Crippen molar-refractivity contribution in [3.05, 3.63) is 12.7 Å². The van der Waals surface area contributed by atoms with Gasteiger partial charge in [-0.2, -0.15) is 0 Å². The number of carbonyl (C=O) groups is 1. The van der Waals surface area contributed by atoms with E-state index in [-0.39, 0.29) is 5.78 Å². The van der Waals surface area contributed by atoms with Gasteiger partial charge in [0.15, 0.2) is 5.78 Å². The van der Waals surface area contributed by atoms with Gasteiger partial charge < -0.3 is 13.3 Å². The predicted molar refractivity (Wildman–Crippen MR) is 65.3 cm³/mol. The maximum atomic E-state index is 11.7. The summed E-state index contributed by atoms with van der Waals surface area (Å²) < 4.78 is 16.9. The van der Waals surface area contributed by atoms with Crippen molar-refractivity contribution in [2.45, 2.75) is 33.2 Å². The lowest BCUT2D eigenvalue weighted by Gasteiger charge is -2.32. The van der Waals surface area contributed by atoms with Gasteiger partial charge in [0.25, 0.3) is 0 Å². The molecule has 0 radical (unpaired) electrons. The van der Waals surface area contributed by atoms with Crippen LogP contribution in [0.4, 0.5) is 0 Å². The molecule has 0 N–H and O–H groups in total. The molecule has 0 fully saturated rings. The summed E-state index contributed by atoms with van der Waals surface area (Å²) in [4.78, 5) is 11.7. The van der Waals surface area contributed by atoms with E-state index in [0.29, 0.717) is 19.8 Å². The minimum Gasteiger partial charge on any atom is -0.373 e. The summed E-state index contributed by atoms with van der Waals surface area (Å²) in [6, 6.07) is 0. The van der Waals surface area contributed by atoms with E-state index in [9.17, 15) is 4.79 Å². The fraction of sp³-hybridized carbons (Fsp3) is 0.727. The van der Waals surface area contributed by atoms with Crippen LogP contribution in [0, 0.1) is 0 Å². The first kappa shape index (κ1) is 15.5. The van der Waals surface area contributed by atoms with Crippen molar-refractivity contribution >= 4 is 14.6 Å². The van der Waals surface area contributed by atoms with Crippen molar-refractivity contribution in [3.8, 4) is 0 Å². The van der Waals surface area contributed by atoms with Gasteiger partial charge in [-0.3, -0.25) is 4.79 Å². The Kier molecular flexibility index (Phi) is 7.49. The molecule has 0 rings (SSSR count). The highest BCUT2D eigenvalue weighted by atomic mass is 28.4. The van der Waals surface area contributed by atoms with E-state index in [1.165, 1.54) is 6.08 Å². The summed E-state index contributed by atoms with van der Waals surface area (Å²) >= 11 is 0. The highest BCUT2D eigenvalue weighted by Gasteiger charge is 2.49. The van der Waals surface area contributed by atoms with E-state index >= 15 is 0 Å². The molecule has 1 unspecified atom stereocenters. The van der Waals surface area contributed by atoms with Gasteiger partial charge in [0.05, 0.1) is 5.54 Å². The molecule has 0 saturated heterocycles. The Bertz CT molecular complexity index is 213. The van der Waals surface area contributed by atoms with Crippen molar-refractivity contribution in [1.82, 2.24) is 0 Å². The van der Waals surface area contributed by atoms with Crippen LogP contribution >= 0.6 is 0 Å². The highest BCUT2D eigenvalue weighted by Crippen LogP contribution is 2.26. The van der Waals surface area contributed by atoms with Crippen molar-refractivity contribution in [2.75, 3.05) is 19.8 Å². The molecule has 0 aliphatic carbocycles. The molecule has 16 heavy (non-hydrogen) atoms. The summed E-state index contributed by atoms with van der Waals surface area (Å²) in [6.45, 7) is 12.3. The Balaban J connectivity index is 4.96. The van der Waals surface area contributed by atoms with E-state index in [1.807, 2.05) is 20.8 Å². The minimum absolute atomic E-state index is 0.0954. The molecule has 0 saturated carbocycles. The monoisotopic (exact) mass is 246 g/mol. The number of allylic oxidation sites excluding steroid dienone is 1. The molecule has 1 atom stereocenters. The van der Waals surface area contributed by atoms with Crippen LogP contribution < -0.4 is 0 Å². The molecule has 0 aromatic rings. The van der Waals surface area contributed by atoms with Gasteiger partial charge in [-0.15, -0.1) is 0 Å². The molecule has 0 heterocycles. The average Bonchev–Trinajstić information content (AvgIpc) is 2.28. The first-order valence-corrected chi connectivity index (χ1v) is 7.46. The quantitative estimate of drug-likeness (QED) is 0.462. The number of carbonyl (C=O) groups excluding carboxylic acids is 1. The first-order chi connectivity index (χ1) is 7.57. The van der Waals surface area contributed by atoms with Crippen LogP contribution in [-0.4, -0.2) is 34.4 Å². The summed E-state index contributed by atoms with van der Waals surface area (Å²) in [5.41, 5.74) is -0.398. The fourth-order valence-electron chi connectivity index (χ4n) is 1.45. The van der Waals surface area contributed by atoms with Gasteiger partial charge in [0.2, 0.25) is 0 Å². The minimum atomic E-state index is -2.90. The molecule has 0 aromatic carbocycles. The van der Waals surface area contributed by atoms with Crippen LogP contribution in [0.1, 0.15) is 27.7 Å². The van der Waals surface area contributed by atoms with E-state index in [2.05, 4.69) is 6.58 Å². The zero-order chi connectivity index (χ0) is 12.6. The lowest BCUT2D eigenvalue weighted by atomic mass is 10.3. The lowest BCUT2D eigenvalue weighted by molar-refractivity contribution is -0.115.